The van der Waals surface area contributed by atoms with Gasteiger partial charge in [-0.15, -0.1) is 0 Å². The molecule has 0 aromatic heterocycles. The molecule has 0 bridgehead atoms. The minimum Gasteiger partial charge on any atom is -0.462 e. The smallest absolute Gasteiger partial charge is 0.462 e. The standard InChI is InChI=1S/C73H142O17P2/c1-6-9-12-15-18-21-24-25-26-27-28-29-32-39-44-49-54-59-73(78)90-69(63-84-71(76)57-52-47-42-37-34-33-35-40-45-50-55-66(4)5)65-88-92(81,82)86-61-67(74)60-85-91(79,80)87-64-68(89-72(77)58-53-48-43-38-31-23-20-17-14-11-8-3)62-83-70(75)56-51-46-41-36-30-22-19-16-13-10-7-2/h66-69,74H,6-65H2,1-5H3,(H,79,80)(H,81,82)/t67-,68+,69+/m0/s1. The molecular formula is C73H142O17P2. The highest BCUT2D eigenvalue weighted by atomic mass is 31.2. The second kappa shape index (κ2) is 66.3. The Bertz CT molecular complexity index is 1770. The third-order valence-electron chi connectivity index (χ3n) is 17.0. The van der Waals surface area contributed by atoms with Crippen LogP contribution in [-0.4, -0.2) is 96.7 Å². The van der Waals surface area contributed by atoms with Gasteiger partial charge in [0.1, 0.15) is 19.3 Å². The Morgan fingerprint density at radius 3 is 0.739 bits per heavy atom. The highest BCUT2D eigenvalue weighted by Gasteiger charge is 2.30. The monoisotopic (exact) mass is 1350 g/mol. The molecule has 0 fully saturated rings. The van der Waals surface area contributed by atoms with Gasteiger partial charge in [0.25, 0.3) is 0 Å². The first-order chi connectivity index (χ1) is 44.5. The minimum atomic E-state index is -4.95. The van der Waals surface area contributed by atoms with Crippen LogP contribution in [0.3, 0.4) is 0 Å². The van der Waals surface area contributed by atoms with Crippen molar-refractivity contribution < 1.29 is 80.2 Å². The van der Waals surface area contributed by atoms with E-state index in [1.807, 2.05) is 0 Å². The van der Waals surface area contributed by atoms with Gasteiger partial charge in [0, 0.05) is 25.7 Å². The molecule has 19 heteroatoms. The van der Waals surface area contributed by atoms with Gasteiger partial charge >= 0.3 is 39.5 Å². The van der Waals surface area contributed by atoms with Gasteiger partial charge in [0.05, 0.1) is 26.4 Å². The second-order valence-electron chi connectivity index (χ2n) is 26.8. The zero-order valence-corrected chi connectivity index (χ0v) is 61.5. The number of hydrogen-bond donors (Lipinski definition) is 3. The van der Waals surface area contributed by atoms with Crippen LogP contribution >= 0.6 is 15.6 Å². The minimum absolute atomic E-state index is 0.107. The number of rotatable bonds is 73. The first-order valence-electron chi connectivity index (χ1n) is 38.1. The number of hydrogen-bond acceptors (Lipinski definition) is 15. The fourth-order valence-corrected chi connectivity index (χ4v) is 12.8. The lowest BCUT2D eigenvalue weighted by Gasteiger charge is -2.21. The van der Waals surface area contributed by atoms with Crippen molar-refractivity contribution in [2.45, 2.75) is 400 Å². The van der Waals surface area contributed by atoms with E-state index in [0.717, 1.165) is 95.8 Å². The van der Waals surface area contributed by atoms with Crippen LogP contribution in [0.25, 0.3) is 0 Å². The molecule has 546 valence electrons. The third-order valence-corrected chi connectivity index (χ3v) is 18.9. The average Bonchev–Trinajstić information content (AvgIpc) is 2.84. The zero-order valence-electron chi connectivity index (χ0n) is 59.7. The van der Waals surface area contributed by atoms with Crippen LogP contribution < -0.4 is 0 Å². The molecule has 0 aromatic rings. The first-order valence-corrected chi connectivity index (χ1v) is 41.1. The van der Waals surface area contributed by atoms with Crippen molar-refractivity contribution in [3.8, 4) is 0 Å². The molecule has 0 saturated heterocycles. The van der Waals surface area contributed by atoms with Gasteiger partial charge in [0.2, 0.25) is 0 Å². The van der Waals surface area contributed by atoms with E-state index in [0.29, 0.717) is 25.7 Å². The summed E-state index contributed by atoms with van der Waals surface area (Å²) in [5.74, 6) is -1.36. The molecule has 2 unspecified atom stereocenters. The summed E-state index contributed by atoms with van der Waals surface area (Å²) in [4.78, 5) is 72.7. The van der Waals surface area contributed by atoms with E-state index in [4.69, 9.17) is 37.0 Å². The molecule has 0 aliphatic rings. The van der Waals surface area contributed by atoms with Gasteiger partial charge in [-0.3, -0.25) is 37.3 Å². The second-order valence-corrected chi connectivity index (χ2v) is 29.7. The van der Waals surface area contributed by atoms with Crippen LogP contribution in [0.2, 0.25) is 0 Å². The lowest BCUT2D eigenvalue weighted by molar-refractivity contribution is -0.161. The molecule has 0 radical (unpaired) electrons. The topological polar surface area (TPSA) is 237 Å². The maximum absolute atomic E-state index is 13.1. The summed E-state index contributed by atoms with van der Waals surface area (Å²) >= 11 is 0. The number of phosphoric ester groups is 2. The van der Waals surface area contributed by atoms with Crippen molar-refractivity contribution in [3.63, 3.8) is 0 Å². The fourth-order valence-electron chi connectivity index (χ4n) is 11.2. The molecule has 3 N–H and O–H groups in total. The molecule has 0 aliphatic heterocycles. The highest BCUT2D eigenvalue weighted by molar-refractivity contribution is 7.47. The predicted molar refractivity (Wildman–Crippen MR) is 372 cm³/mol. The summed E-state index contributed by atoms with van der Waals surface area (Å²) in [5, 5.41) is 10.6. The van der Waals surface area contributed by atoms with Gasteiger partial charge in [-0.1, -0.05) is 330 Å². The van der Waals surface area contributed by atoms with Crippen molar-refractivity contribution in [3.05, 3.63) is 0 Å². The number of aliphatic hydroxyl groups excluding tert-OH is 1. The van der Waals surface area contributed by atoms with E-state index in [1.165, 1.54) is 205 Å². The normalized spacial score (nSPS) is 14.0. The molecule has 5 atom stereocenters. The van der Waals surface area contributed by atoms with Gasteiger partial charge in [-0.25, -0.2) is 9.13 Å². The number of carbonyl (C=O) groups excluding carboxylic acids is 4. The maximum Gasteiger partial charge on any atom is 0.472 e. The Balaban J connectivity index is 5.24. The van der Waals surface area contributed by atoms with E-state index in [1.54, 1.807) is 0 Å². The van der Waals surface area contributed by atoms with Crippen molar-refractivity contribution in [2.75, 3.05) is 39.6 Å². The van der Waals surface area contributed by atoms with Crippen LogP contribution in [0.1, 0.15) is 381 Å². The molecule has 0 heterocycles. The molecule has 0 aliphatic carbocycles. The van der Waals surface area contributed by atoms with E-state index in [2.05, 4.69) is 34.6 Å². The summed E-state index contributed by atoms with van der Waals surface area (Å²) < 4.78 is 68.4. The van der Waals surface area contributed by atoms with Crippen molar-refractivity contribution in [2.24, 2.45) is 5.92 Å². The molecule has 0 rings (SSSR count). The Hall–Kier alpha value is -1.94. The Morgan fingerprint density at radius 2 is 0.500 bits per heavy atom. The molecular weight excluding hydrogens is 1210 g/mol. The van der Waals surface area contributed by atoms with Crippen LogP contribution in [0.4, 0.5) is 0 Å². The average molecular weight is 1350 g/mol. The van der Waals surface area contributed by atoms with E-state index >= 15 is 0 Å². The number of phosphoric acid groups is 2. The molecule has 0 spiro atoms. The Labute approximate surface area is 562 Å². The quantitative estimate of drug-likeness (QED) is 0.0222. The van der Waals surface area contributed by atoms with E-state index in [-0.39, 0.29) is 25.7 Å². The number of ether oxygens (including phenoxy) is 4. The largest absolute Gasteiger partial charge is 0.472 e. The van der Waals surface area contributed by atoms with Gasteiger partial charge in [0.15, 0.2) is 12.2 Å². The van der Waals surface area contributed by atoms with Crippen molar-refractivity contribution in [1.82, 2.24) is 0 Å². The van der Waals surface area contributed by atoms with Gasteiger partial charge < -0.3 is 33.8 Å². The zero-order chi connectivity index (χ0) is 67.7. The van der Waals surface area contributed by atoms with Crippen LogP contribution in [0, 0.1) is 5.92 Å². The summed E-state index contributed by atoms with van der Waals surface area (Å²) in [6, 6.07) is 0. The summed E-state index contributed by atoms with van der Waals surface area (Å²) in [5.41, 5.74) is 0. The number of esters is 4. The molecule has 0 aromatic carbocycles. The van der Waals surface area contributed by atoms with Gasteiger partial charge in [-0.05, 0) is 31.6 Å². The number of carbonyl (C=O) groups is 4. The lowest BCUT2D eigenvalue weighted by Crippen LogP contribution is -2.30. The van der Waals surface area contributed by atoms with Crippen LogP contribution in [0.5, 0.6) is 0 Å². The molecule has 0 amide bonds. The summed E-state index contributed by atoms with van der Waals surface area (Å²) in [6.45, 7) is 7.26. The molecule has 0 saturated carbocycles. The van der Waals surface area contributed by atoms with Gasteiger partial charge in [-0.2, -0.15) is 0 Å². The SMILES string of the molecule is CCCCCCCCCCCCCCCCCCCC(=O)O[C@H](COC(=O)CCCCCCCCCCCCC(C)C)COP(=O)(O)OC[C@@H](O)COP(=O)(O)OC[C@@H](COC(=O)CCCCCCCCCCCCC)OC(=O)CCCCCCCCCCCCC. The van der Waals surface area contributed by atoms with Crippen molar-refractivity contribution in [1.29, 1.82) is 0 Å². The molecule has 92 heavy (non-hydrogen) atoms. The first kappa shape index (κ1) is 90.1. The Morgan fingerprint density at radius 1 is 0.293 bits per heavy atom. The third kappa shape index (κ3) is 66.7. The van der Waals surface area contributed by atoms with E-state index < -0.39 is 97.5 Å². The highest BCUT2D eigenvalue weighted by Crippen LogP contribution is 2.45. The lowest BCUT2D eigenvalue weighted by atomic mass is 10.0. The fraction of sp³-hybridized carbons (Fsp3) is 0.945. The number of unbranched alkanes of at least 4 members (excludes halogenated alkanes) is 45. The van der Waals surface area contributed by atoms with Crippen molar-refractivity contribution >= 4 is 39.5 Å². The summed E-state index contributed by atoms with van der Waals surface area (Å²) in [7, 11) is -9.90. The predicted octanol–water partition coefficient (Wildman–Crippen LogP) is 21.3. The van der Waals surface area contributed by atoms with E-state index in [9.17, 15) is 43.2 Å². The van der Waals surface area contributed by atoms with Crippen LogP contribution in [-0.2, 0) is 65.4 Å². The molecule has 17 nitrogen and oxygen atoms in total. The number of aliphatic hydroxyl groups is 1. The Kier molecular flexibility index (Phi) is 64.9. The summed E-state index contributed by atoms with van der Waals surface area (Å²) in [6.07, 6.45) is 53.9. The maximum atomic E-state index is 13.1. The van der Waals surface area contributed by atoms with Crippen LogP contribution in [0.15, 0.2) is 0 Å².